The van der Waals surface area contributed by atoms with Crippen LogP contribution in [0.5, 0.6) is 0 Å². The third-order valence-electron chi connectivity index (χ3n) is 4.31. The van der Waals surface area contributed by atoms with Crippen molar-refractivity contribution in [2.45, 2.75) is 52.1 Å². The van der Waals surface area contributed by atoms with Gasteiger partial charge < -0.3 is 5.32 Å². The lowest BCUT2D eigenvalue weighted by atomic mass is 10.2. The van der Waals surface area contributed by atoms with Crippen molar-refractivity contribution in [2.24, 2.45) is 0 Å². The molecule has 2 heterocycles. The fourth-order valence-electron chi connectivity index (χ4n) is 3.11. The summed E-state index contributed by atoms with van der Waals surface area (Å²) in [6, 6.07) is 0. The average molecular weight is 416 g/mol. The molecule has 2 aromatic rings. The smallest absolute Gasteiger partial charge is 0.282 e. The normalized spacial score (nSPS) is 13.5. The largest absolute Gasteiger partial charge is 0.354 e. The Bertz CT molecular complexity index is 751. The van der Waals surface area contributed by atoms with E-state index in [9.17, 15) is 13.6 Å². The average Bonchev–Trinajstić information content (AvgIpc) is 3.22. The second-order valence-electron chi connectivity index (χ2n) is 6.15. The van der Waals surface area contributed by atoms with Crippen LogP contribution in [0.4, 0.5) is 8.78 Å². The number of halogens is 3. The Morgan fingerprint density at radius 2 is 2.20 bits per heavy atom. The molecular formula is C16H20BrF2N5O. The van der Waals surface area contributed by atoms with Crippen LogP contribution in [-0.4, -0.2) is 32.0 Å². The molecule has 136 valence electrons. The van der Waals surface area contributed by atoms with Gasteiger partial charge in [0.15, 0.2) is 0 Å². The highest BCUT2D eigenvalue weighted by atomic mass is 79.9. The summed E-state index contributed by atoms with van der Waals surface area (Å²) in [6.45, 7) is 3.10. The van der Waals surface area contributed by atoms with Gasteiger partial charge in [-0.2, -0.15) is 10.2 Å². The van der Waals surface area contributed by atoms with Crippen molar-refractivity contribution in [3.05, 3.63) is 33.3 Å². The maximum Gasteiger partial charge on any atom is 0.282 e. The molecule has 2 aromatic heterocycles. The quantitative estimate of drug-likeness (QED) is 0.707. The van der Waals surface area contributed by atoms with Crippen molar-refractivity contribution < 1.29 is 13.6 Å². The van der Waals surface area contributed by atoms with Crippen LogP contribution in [0.25, 0.3) is 0 Å². The SMILES string of the molecule is Cc1nn(CCCNC(=O)Cn2nc(C(F)F)c3c2CCC3)cc1Br. The summed E-state index contributed by atoms with van der Waals surface area (Å²) >= 11 is 3.41. The zero-order valence-corrected chi connectivity index (χ0v) is 15.5. The molecule has 1 amide bonds. The van der Waals surface area contributed by atoms with Gasteiger partial charge >= 0.3 is 0 Å². The van der Waals surface area contributed by atoms with E-state index in [1.807, 2.05) is 17.8 Å². The molecule has 25 heavy (non-hydrogen) atoms. The van der Waals surface area contributed by atoms with Crippen molar-refractivity contribution in [1.29, 1.82) is 0 Å². The molecule has 0 radical (unpaired) electrons. The van der Waals surface area contributed by atoms with E-state index < -0.39 is 6.43 Å². The predicted molar refractivity (Wildman–Crippen MR) is 91.5 cm³/mol. The molecule has 0 fully saturated rings. The molecule has 0 bridgehead atoms. The Hall–Kier alpha value is -1.77. The maximum atomic E-state index is 13.0. The second kappa shape index (κ2) is 7.63. The molecule has 6 nitrogen and oxygen atoms in total. The Labute approximate surface area is 152 Å². The first-order valence-corrected chi connectivity index (χ1v) is 9.08. The number of nitrogens with zero attached hydrogens (tertiary/aromatic N) is 4. The van der Waals surface area contributed by atoms with Gasteiger partial charge in [0.1, 0.15) is 12.2 Å². The molecule has 3 rings (SSSR count). The van der Waals surface area contributed by atoms with Crippen LogP contribution < -0.4 is 5.32 Å². The van der Waals surface area contributed by atoms with Crippen LogP contribution in [-0.2, 0) is 30.7 Å². The maximum absolute atomic E-state index is 13.0. The van der Waals surface area contributed by atoms with Gasteiger partial charge in [0, 0.05) is 30.5 Å². The first-order valence-electron chi connectivity index (χ1n) is 8.28. The number of aryl methyl sites for hydroxylation is 2. The van der Waals surface area contributed by atoms with E-state index in [2.05, 4.69) is 31.4 Å². The summed E-state index contributed by atoms with van der Waals surface area (Å²) < 4.78 is 30.3. The summed E-state index contributed by atoms with van der Waals surface area (Å²) in [5.74, 6) is -0.212. The lowest BCUT2D eigenvalue weighted by molar-refractivity contribution is -0.121. The minimum atomic E-state index is -2.59. The third-order valence-corrected chi connectivity index (χ3v) is 5.09. The van der Waals surface area contributed by atoms with E-state index in [1.165, 1.54) is 4.68 Å². The van der Waals surface area contributed by atoms with Crippen LogP contribution in [0.3, 0.4) is 0 Å². The van der Waals surface area contributed by atoms with Gasteiger partial charge in [-0.25, -0.2) is 8.78 Å². The molecule has 0 saturated heterocycles. The van der Waals surface area contributed by atoms with Gasteiger partial charge in [0.2, 0.25) is 5.91 Å². The number of carbonyl (C=O) groups excluding carboxylic acids is 1. The van der Waals surface area contributed by atoms with E-state index >= 15 is 0 Å². The van der Waals surface area contributed by atoms with Crippen LogP contribution in [0, 0.1) is 6.92 Å². The Kier molecular flexibility index (Phi) is 5.51. The van der Waals surface area contributed by atoms with E-state index in [-0.39, 0.29) is 18.1 Å². The lowest BCUT2D eigenvalue weighted by Gasteiger charge is -2.07. The van der Waals surface area contributed by atoms with Gasteiger partial charge in [-0.3, -0.25) is 14.2 Å². The minimum Gasteiger partial charge on any atom is -0.354 e. The number of alkyl halides is 2. The van der Waals surface area contributed by atoms with Crippen molar-refractivity contribution in [3.8, 4) is 0 Å². The number of hydrogen-bond acceptors (Lipinski definition) is 3. The zero-order valence-electron chi connectivity index (χ0n) is 13.9. The van der Waals surface area contributed by atoms with Gasteiger partial charge in [-0.1, -0.05) is 0 Å². The van der Waals surface area contributed by atoms with Gasteiger partial charge in [-0.15, -0.1) is 0 Å². The van der Waals surface area contributed by atoms with Crippen molar-refractivity contribution >= 4 is 21.8 Å². The number of nitrogens with one attached hydrogen (secondary N) is 1. The standard InChI is InChI=1S/C16H20BrF2N5O/c1-10-12(17)8-23(21-10)7-3-6-20-14(25)9-24-13-5-2-4-11(13)15(22-24)16(18)19/h8,16H,2-7,9H2,1H3,(H,20,25). The molecule has 0 aliphatic heterocycles. The highest BCUT2D eigenvalue weighted by molar-refractivity contribution is 9.10. The van der Waals surface area contributed by atoms with Crippen LogP contribution in [0.1, 0.15) is 41.9 Å². The van der Waals surface area contributed by atoms with Gasteiger partial charge in [0.05, 0.1) is 10.2 Å². The van der Waals surface area contributed by atoms with Crippen LogP contribution in [0.15, 0.2) is 10.7 Å². The van der Waals surface area contributed by atoms with Crippen molar-refractivity contribution in [2.75, 3.05) is 6.54 Å². The van der Waals surface area contributed by atoms with Crippen molar-refractivity contribution in [1.82, 2.24) is 24.9 Å². The number of amides is 1. The molecule has 0 saturated carbocycles. The number of fused-ring (bicyclic) bond motifs is 1. The van der Waals surface area contributed by atoms with E-state index in [1.54, 1.807) is 0 Å². The molecular weight excluding hydrogens is 396 g/mol. The second-order valence-corrected chi connectivity index (χ2v) is 7.01. The van der Waals surface area contributed by atoms with E-state index in [0.717, 1.165) is 28.7 Å². The molecule has 1 aliphatic rings. The first kappa shape index (κ1) is 18.0. The van der Waals surface area contributed by atoms with Crippen molar-refractivity contribution in [3.63, 3.8) is 0 Å². The highest BCUT2D eigenvalue weighted by Crippen LogP contribution is 2.31. The topological polar surface area (TPSA) is 64.7 Å². The van der Waals surface area contributed by atoms with Gasteiger partial charge in [-0.05, 0) is 48.5 Å². The third kappa shape index (κ3) is 4.08. The summed E-state index contributed by atoms with van der Waals surface area (Å²) in [4.78, 5) is 12.1. The van der Waals surface area contributed by atoms with Gasteiger partial charge in [0.25, 0.3) is 6.43 Å². The van der Waals surface area contributed by atoms with Crippen LogP contribution in [0.2, 0.25) is 0 Å². The Balaban J connectivity index is 1.49. The predicted octanol–water partition coefficient (Wildman–Crippen LogP) is 2.78. The number of rotatable bonds is 7. The fraction of sp³-hybridized carbons (Fsp3) is 0.562. The molecule has 0 atom stereocenters. The summed E-state index contributed by atoms with van der Waals surface area (Å²) in [5, 5.41) is 11.1. The molecule has 0 aromatic carbocycles. The summed E-state index contributed by atoms with van der Waals surface area (Å²) in [6.07, 6.45) is 2.21. The zero-order chi connectivity index (χ0) is 18.0. The Morgan fingerprint density at radius 1 is 1.40 bits per heavy atom. The van der Waals surface area contributed by atoms with Crippen LogP contribution >= 0.6 is 15.9 Å². The highest BCUT2D eigenvalue weighted by Gasteiger charge is 2.27. The number of carbonyl (C=O) groups is 1. The fourth-order valence-corrected chi connectivity index (χ4v) is 3.43. The molecule has 1 N–H and O–H groups in total. The minimum absolute atomic E-state index is 0.0124. The van der Waals surface area contributed by atoms with E-state index in [0.29, 0.717) is 31.5 Å². The first-order chi connectivity index (χ1) is 12.0. The molecule has 9 heteroatoms. The van der Waals surface area contributed by atoms with E-state index in [4.69, 9.17) is 0 Å². The summed E-state index contributed by atoms with van der Waals surface area (Å²) in [7, 11) is 0. The lowest BCUT2D eigenvalue weighted by Crippen LogP contribution is -2.30. The number of aromatic nitrogens is 4. The Morgan fingerprint density at radius 3 is 2.88 bits per heavy atom. The number of hydrogen-bond donors (Lipinski definition) is 1. The molecule has 1 aliphatic carbocycles. The molecule has 0 spiro atoms. The monoisotopic (exact) mass is 415 g/mol. The molecule has 0 unspecified atom stereocenters. The summed E-state index contributed by atoms with van der Waals surface area (Å²) in [5.41, 5.74) is 2.16.